The van der Waals surface area contributed by atoms with Gasteiger partial charge < -0.3 is 14.2 Å². The van der Waals surface area contributed by atoms with Crippen LogP contribution in [0.5, 0.6) is 0 Å². The Bertz CT molecular complexity index is 1560. The van der Waals surface area contributed by atoms with Crippen molar-refractivity contribution in [2.24, 2.45) is 0 Å². The second kappa shape index (κ2) is 59.1. The Balaban J connectivity index is 4.54. The van der Waals surface area contributed by atoms with Gasteiger partial charge in [0.1, 0.15) is 13.2 Å². The molecule has 0 spiro atoms. The summed E-state index contributed by atoms with van der Waals surface area (Å²) < 4.78 is 16.8. The molecule has 0 heterocycles. The Hall–Kier alpha value is -4.45. The fourth-order valence-electron chi connectivity index (χ4n) is 7.72. The zero-order chi connectivity index (χ0) is 52.2. The first-order valence-corrected chi connectivity index (χ1v) is 29.3. The molecule has 0 N–H and O–H groups in total. The highest BCUT2D eigenvalue weighted by Gasteiger charge is 2.19. The molecule has 0 radical (unpaired) electrons. The van der Waals surface area contributed by atoms with Crippen LogP contribution in [0.15, 0.2) is 134 Å². The quantitative estimate of drug-likeness (QED) is 0.0199. The zero-order valence-electron chi connectivity index (χ0n) is 46.4. The van der Waals surface area contributed by atoms with Crippen LogP contribution in [-0.4, -0.2) is 37.2 Å². The Morgan fingerprint density at radius 1 is 0.292 bits per heavy atom. The molecule has 0 aliphatic rings. The Labute approximate surface area is 443 Å². The molecule has 0 aromatic carbocycles. The standard InChI is InChI=1S/C66H106O6/c1-4-7-10-13-16-19-22-25-28-31-33-36-38-41-44-47-50-53-56-59-65(68)71-62-63(61-70-64(67)58-55-52-49-46-43-40-37-34-30-27-24-21-18-15-12-9-6-3)72-66(69)60-57-54-51-48-45-42-39-35-32-29-26-23-20-17-14-11-8-5-2/h9,12,15,17-18,20-21,23-24,26-27,29-35,37,39-40,43,63H,4-8,10-11,13-14,16,19,22,25,28,36,38,41-42,44-62H2,1-3H3/b12-9-,18-15-,20-17-,24-21-,26-23-,30-27-,32-29-,33-31-,37-34+,39-35-,43-40-. The number of hydrogen-bond acceptors (Lipinski definition) is 6. The second-order valence-corrected chi connectivity index (χ2v) is 19.1. The number of hydrogen-bond donors (Lipinski definition) is 0. The van der Waals surface area contributed by atoms with Crippen LogP contribution in [0, 0.1) is 0 Å². The average molecular weight is 996 g/mol. The first kappa shape index (κ1) is 67.5. The molecule has 72 heavy (non-hydrogen) atoms. The molecule has 1 unspecified atom stereocenters. The lowest BCUT2D eigenvalue weighted by atomic mass is 10.1. The molecule has 0 saturated carbocycles. The first-order chi connectivity index (χ1) is 35.5. The lowest BCUT2D eigenvalue weighted by Crippen LogP contribution is -2.30. The van der Waals surface area contributed by atoms with Crippen molar-refractivity contribution in [1.82, 2.24) is 0 Å². The van der Waals surface area contributed by atoms with Crippen LogP contribution in [-0.2, 0) is 28.6 Å². The summed E-state index contributed by atoms with van der Waals surface area (Å²) in [6.45, 7) is 6.39. The molecule has 1 atom stereocenters. The van der Waals surface area contributed by atoms with E-state index in [0.29, 0.717) is 12.8 Å². The fraction of sp³-hybridized carbons (Fsp3) is 0.621. The molecule has 0 saturated heterocycles. The number of carbonyl (C=O) groups is 3. The van der Waals surface area contributed by atoms with E-state index in [2.05, 4.69) is 93.7 Å². The van der Waals surface area contributed by atoms with Gasteiger partial charge in [-0.3, -0.25) is 14.4 Å². The molecule has 6 nitrogen and oxygen atoms in total. The van der Waals surface area contributed by atoms with Crippen LogP contribution >= 0.6 is 0 Å². The minimum atomic E-state index is -0.817. The van der Waals surface area contributed by atoms with Crippen LogP contribution in [0.1, 0.15) is 245 Å². The van der Waals surface area contributed by atoms with E-state index in [1.807, 2.05) is 60.8 Å². The third kappa shape index (κ3) is 56.5. The number of allylic oxidation sites excluding steroid dienone is 22. The lowest BCUT2D eigenvalue weighted by molar-refractivity contribution is -0.167. The molecule has 0 aliphatic carbocycles. The second-order valence-electron chi connectivity index (χ2n) is 19.1. The monoisotopic (exact) mass is 995 g/mol. The molecule has 0 aromatic rings. The van der Waals surface area contributed by atoms with Crippen molar-refractivity contribution in [3.63, 3.8) is 0 Å². The van der Waals surface area contributed by atoms with E-state index in [0.717, 1.165) is 96.3 Å². The highest BCUT2D eigenvalue weighted by Crippen LogP contribution is 2.14. The van der Waals surface area contributed by atoms with E-state index in [-0.39, 0.29) is 37.5 Å². The largest absolute Gasteiger partial charge is 0.462 e. The third-order valence-electron chi connectivity index (χ3n) is 12.1. The van der Waals surface area contributed by atoms with Gasteiger partial charge in [0.05, 0.1) is 0 Å². The minimum Gasteiger partial charge on any atom is -0.462 e. The summed E-state index contributed by atoms with van der Waals surface area (Å²) >= 11 is 0. The maximum atomic E-state index is 12.9. The van der Waals surface area contributed by atoms with E-state index in [1.165, 1.54) is 109 Å². The normalized spacial score (nSPS) is 13.1. The van der Waals surface area contributed by atoms with E-state index in [1.54, 1.807) is 0 Å². The van der Waals surface area contributed by atoms with E-state index < -0.39 is 6.10 Å². The highest BCUT2D eigenvalue weighted by molar-refractivity contribution is 5.71. The fourth-order valence-corrected chi connectivity index (χ4v) is 7.72. The van der Waals surface area contributed by atoms with E-state index in [9.17, 15) is 14.4 Å². The van der Waals surface area contributed by atoms with Crippen LogP contribution in [0.25, 0.3) is 0 Å². The van der Waals surface area contributed by atoms with Gasteiger partial charge in [0.2, 0.25) is 0 Å². The number of esters is 3. The molecule has 0 rings (SSSR count). The van der Waals surface area contributed by atoms with Gasteiger partial charge in [-0.2, -0.15) is 0 Å². The molecule has 6 heteroatoms. The topological polar surface area (TPSA) is 78.9 Å². The Kier molecular flexibility index (Phi) is 55.5. The van der Waals surface area contributed by atoms with Gasteiger partial charge in [-0.1, -0.05) is 270 Å². The van der Waals surface area contributed by atoms with Gasteiger partial charge in [-0.15, -0.1) is 0 Å². The van der Waals surface area contributed by atoms with Crippen LogP contribution < -0.4 is 0 Å². The number of rotatable bonds is 51. The first-order valence-electron chi connectivity index (χ1n) is 29.3. The SMILES string of the molecule is CC\C=C/C=C\C=C/C=C\C=C\C=C/CCCCCC(=O)OCC(COC(=O)CCCCCCCCC/C=C\CCCCCCCCCC)OC(=O)CCCCCCC\C=C/C=C\C=C/C=C\CCCCC. The average Bonchev–Trinajstić information content (AvgIpc) is 3.38. The predicted octanol–water partition coefficient (Wildman–Crippen LogP) is 19.8. The van der Waals surface area contributed by atoms with E-state index in [4.69, 9.17) is 14.2 Å². The van der Waals surface area contributed by atoms with Crippen molar-refractivity contribution in [1.29, 1.82) is 0 Å². The van der Waals surface area contributed by atoms with Crippen molar-refractivity contribution in [2.45, 2.75) is 252 Å². The number of unbranched alkanes of at least 4 members (excludes halogenated alkanes) is 26. The van der Waals surface area contributed by atoms with Gasteiger partial charge in [-0.05, 0) is 89.9 Å². The summed E-state index contributed by atoms with van der Waals surface area (Å²) in [6, 6.07) is 0. The summed E-state index contributed by atoms with van der Waals surface area (Å²) in [7, 11) is 0. The molecule has 0 amide bonds. The van der Waals surface area contributed by atoms with Gasteiger partial charge in [-0.25, -0.2) is 0 Å². The lowest BCUT2D eigenvalue weighted by Gasteiger charge is -2.18. The third-order valence-corrected chi connectivity index (χ3v) is 12.1. The Morgan fingerprint density at radius 2 is 0.556 bits per heavy atom. The zero-order valence-corrected chi connectivity index (χ0v) is 46.4. The van der Waals surface area contributed by atoms with Crippen molar-refractivity contribution in [2.75, 3.05) is 13.2 Å². The van der Waals surface area contributed by atoms with Crippen molar-refractivity contribution in [3.05, 3.63) is 134 Å². The van der Waals surface area contributed by atoms with Crippen LogP contribution in [0.2, 0.25) is 0 Å². The van der Waals surface area contributed by atoms with Gasteiger partial charge in [0.25, 0.3) is 0 Å². The summed E-state index contributed by atoms with van der Waals surface area (Å²) in [5.41, 5.74) is 0. The van der Waals surface area contributed by atoms with Crippen molar-refractivity contribution >= 4 is 17.9 Å². The van der Waals surface area contributed by atoms with Gasteiger partial charge in [0.15, 0.2) is 6.10 Å². The molecule has 0 fully saturated rings. The summed E-state index contributed by atoms with van der Waals surface area (Å²) in [5.74, 6) is -0.984. The highest BCUT2D eigenvalue weighted by atomic mass is 16.6. The molecule has 0 aromatic heterocycles. The van der Waals surface area contributed by atoms with Crippen molar-refractivity contribution in [3.8, 4) is 0 Å². The van der Waals surface area contributed by atoms with Gasteiger partial charge in [0, 0.05) is 19.3 Å². The minimum absolute atomic E-state index is 0.109. The van der Waals surface area contributed by atoms with Crippen LogP contribution in [0.4, 0.5) is 0 Å². The number of carbonyl (C=O) groups excluding carboxylic acids is 3. The summed E-state index contributed by atoms with van der Waals surface area (Å²) in [4.78, 5) is 38.2. The van der Waals surface area contributed by atoms with Crippen LogP contribution in [0.3, 0.4) is 0 Å². The number of ether oxygens (including phenoxy) is 3. The predicted molar refractivity (Wildman–Crippen MR) is 311 cm³/mol. The molecule has 406 valence electrons. The molecular formula is C66H106O6. The smallest absolute Gasteiger partial charge is 0.306 e. The van der Waals surface area contributed by atoms with E-state index >= 15 is 0 Å². The van der Waals surface area contributed by atoms with Gasteiger partial charge >= 0.3 is 17.9 Å². The maximum Gasteiger partial charge on any atom is 0.306 e. The molecule has 0 aliphatic heterocycles. The summed E-state index contributed by atoms with van der Waals surface area (Å²) in [5, 5.41) is 0. The Morgan fingerprint density at radius 3 is 0.931 bits per heavy atom. The molecular weight excluding hydrogens is 889 g/mol. The maximum absolute atomic E-state index is 12.9. The summed E-state index contributed by atoms with van der Waals surface area (Å²) in [6.07, 6.45) is 82.9. The van der Waals surface area contributed by atoms with Crippen molar-refractivity contribution < 1.29 is 28.6 Å². The molecule has 0 bridgehead atoms.